The first-order chi connectivity index (χ1) is 11.4. The van der Waals surface area contributed by atoms with Crippen LogP contribution in [0.5, 0.6) is 0 Å². The zero-order valence-electron chi connectivity index (χ0n) is 12.8. The summed E-state index contributed by atoms with van der Waals surface area (Å²) in [7, 11) is 0. The second-order valence-electron chi connectivity index (χ2n) is 5.23. The molecule has 0 amide bonds. The summed E-state index contributed by atoms with van der Waals surface area (Å²) in [6.45, 7) is 3.15. The average Bonchev–Trinajstić information content (AvgIpc) is 2.51. The van der Waals surface area contributed by atoms with Gasteiger partial charge in [-0.1, -0.05) is 0 Å². The van der Waals surface area contributed by atoms with Crippen molar-refractivity contribution in [2.45, 2.75) is 13.8 Å². The Hall–Kier alpha value is -3.29. The SMILES string of the molecule is CCOC(=O)c1c[nH]c2c(c1=O)C(=O)c1[nH]c(=O)cc(C)c1C2=O. The molecular formula is C16H12N2O6. The van der Waals surface area contributed by atoms with Crippen molar-refractivity contribution in [3.05, 3.63) is 66.5 Å². The Kier molecular flexibility index (Phi) is 3.52. The Morgan fingerprint density at radius 1 is 1.08 bits per heavy atom. The highest BCUT2D eigenvalue weighted by molar-refractivity contribution is 6.27. The topological polar surface area (TPSA) is 126 Å². The summed E-state index contributed by atoms with van der Waals surface area (Å²) < 4.78 is 4.76. The number of carbonyl (C=O) groups excluding carboxylic acids is 3. The fourth-order valence-electron chi connectivity index (χ4n) is 2.69. The number of hydrogen-bond acceptors (Lipinski definition) is 6. The monoisotopic (exact) mass is 328 g/mol. The van der Waals surface area contributed by atoms with Crippen molar-refractivity contribution in [2.24, 2.45) is 0 Å². The van der Waals surface area contributed by atoms with Gasteiger partial charge in [0.1, 0.15) is 17.0 Å². The van der Waals surface area contributed by atoms with Gasteiger partial charge in [-0.25, -0.2) is 4.79 Å². The Bertz CT molecular complexity index is 1030. The Labute approximate surface area is 134 Å². The summed E-state index contributed by atoms with van der Waals surface area (Å²) in [4.78, 5) is 65.9. The van der Waals surface area contributed by atoms with Gasteiger partial charge in [0.05, 0.1) is 17.7 Å². The molecule has 0 aliphatic heterocycles. The van der Waals surface area contributed by atoms with Crippen LogP contribution in [0.2, 0.25) is 0 Å². The molecule has 2 heterocycles. The molecule has 0 saturated heterocycles. The predicted molar refractivity (Wildman–Crippen MR) is 81.7 cm³/mol. The quantitative estimate of drug-likeness (QED) is 0.653. The van der Waals surface area contributed by atoms with E-state index in [1.54, 1.807) is 6.92 Å². The van der Waals surface area contributed by atoms with E-state index in [0.717, 1.165) is 6.20 Å². The van der Waals surface area contributed by atoms with Gasteiger partial charge in [-0.2, -0.15) is 0 Å². The van der Waals surface area contributed by atoms with E-state index in [9.17, 15) is 24.0 Å². The summed E-state index contributed by atoms with van der Waals surface area (Å²) in [5, 5.41) is 0. The maximum atomic E-state index is 12.6. The van der Waals surface area contributed by atoms with Crippen molar-refractivity contribution in [3.63, 3.8) is 0 Å². The standard InChI is InChI=1S/C16H12N2O6/c1-3-24-16(23)7-5-17-11-10(13(7)20)15(22)12-9(14(11)21)6(2)4-8(19)18-12/h4-5H,3H2,1-2H3,(H,17,20)(H,18,19). The van der Waals surface area contributed by atoms with Crippen LogP contribution in [-0.4, -0.2) is 34.1 Å². The predicted octanol–water partition coefficient (Wildman–Crippen LogP) is 0.324. The normalized spacial score (nSPS) is 12.6. The highest BCUT2D eigenvalue weighted by Crippen LogP contribution is 2.24. The van der Waals surface area contributed by atoms with Crippen molar-refractivity contribution < 1.29 is 19.1 Å². The van der Waals surface area contributed by atoms with E-state index < -0.39 is 34.1 Å². The van der Waals surface area contributed by atoms with Crippen LogP contribution < -0.4 is 11.0 Å². The molecule has 0 bridgehead atoms. The maximum absolute atomic E-state index is 12.6. The molecule has 2 N–H and O–H groups in total. The third-order valence-corrected chi connectivity index (χ3v) is 3.73. The van der Waals surface area contributed by atoms with Gasteiger partial charge in [0.2, 0.25) is 22.6 Å². The number of ketones is 2. The molecule has 0 saturated carbocycles. The lowest BCUT2D eigenvalue weighted by atomic mass is 9.87. The molecule has 8 nitrogen and oxygen atoms in total. The maximum Gasteiger partial charge on any atom is 0.343 e. The van der Waals surface area contributed by atoms with Crippen LogP contribution in [-0.2, 0) is 4.74 Å². The third kappa shape index (κ3) is 2.11. The average molecular weight is 328 g/mol. The highest BCUT2D eigenvalue weighted by Gasteiger charge is 2.36. The molecule has 24 heavy (non-hydrogen) atoms. The number of rotatable bonds is 2. The van der Waals surface area contributed by atoms with Gasteiger partial charge >= 0.3 is 5.97 Å². The van der Waals surface area contributed by atoms with Crippen LogP contribution in [0.1, 0.15) is 54.9 Å². The molecule has 8 heteroatoms. The summed E-state index contributed by atoms with van der Waals surface area (Å²) in [5.41, 5.74) is -2.42. The van der Waals surface area contributed by atoms with Gasteiger partial charge in [-0.05, 0) is 19.4 Å². The summed E-state index contributed by atoms with van der Waals surface area (Å²) in [5.74, 6) is -2.31. The highest BCUT2D eigenvalue weighted by atomic mass is 16.5. The van der Waals surface area contributed by atoms with Crippen molar-refractivity contribution >= 4 is 17.5 Å². The van der Waals surface area contributed by atoms with Crippen LogP contribution in [0.15, 0.2) is 21.9 Å². The molecule has 3 rings (SSSR count). The lowest BCUT2D eigenvalue weighted by molar-refractivity contribution is 0.0524. The minimum atomic E-state index is -0.909. The zero-order chi connectivity index (χ0) is 17.6. The number of aromatic amines is 2. The summed E-state index contributed by atoms with van der Waals surface area (Å²) in [6.07, 6.45) is 1.05. The molecule has 0 radical (unpaired) electrons. The number of hydrogen-bond donors (Lipinski definition) is 2. The first-order valence-electron chi connectivity index (χ1n) is 7.13. The number of aryl methyl sites for hydroxylation is 1. The van der Waals surface area contributed by atoms with E-state index in [2.05, 4.69) is 9.97 Å². The number of aromatic nitrogens is 2. The minimum Gasteiger partial charge on any atom is -0.462 e. The van der Waals surface area contributed by atoms with Crippen LogP contribution in [0.25, 0.3) is 0 Å². The molecule has 1 aliphatic rings. The van der Waals surface area contributed by atoms with Gasteiger partial charge in [0, 0.05) is 12.3 Å². The number of esters is 1. The summed E-state index contributed by atoms with van der Waals surface area (Å²) >= 11 is 0. The molecule has 2 aromatic heterocycles. The van der Waals surface area contributed by atoms with Gasteiger partial charge in [0.25, 0.3) is 0 Å². The minimum absolute atomic E-state index is 0.0339. The van der Waals surface area contributed by atoms with E-state index in [4.69, 9.17) is 4.74 Å². The summed E-state index contributed by atoms with van der Waals surface area (Å²) in [6, 6.07) is 1.19. The number of fused-ring (bicyclic) bond motifs is 2. The van der Waals surface area contributed by atoms with E-state index in [0.29, 0.717) is 5.56 Å². The van der Waals surface area contributed by atoms with Crippen molar-refractivity contribution in [2.75, 3.05) is 6.61 Å². The van der Waals surface area contributed by atoms with E-state index in [-0.39, 0.29) is 29.1 Å². The van der Waals surface area contributed by atoms with Crippen LogP contribution >= 0.6 is 0 Å². The molecule has 0 unspecified atom stereocenters. The Morgan fingerprint density at radius 3 is 2.42 bits per heavy atom. The van der Waals surface area contributed by atoms with Crippen molar-refractivity contribution in [1.29, 1.82) is 0 Å². The lowest BCUT2D eigenvalue weighted by Crippen LogP contribution is -2.35. The van der Waals surface area contributed by atoms with Gasteiger partial charge < -0.3 is 14.7 Å². The lowest BCUT2D eigenvalue weighted by Gasteiger charge is -2.18. The molecule has 0 spiro atoms. The molecule has 0 fully saturated rings. The number of nitrogens with one attached hydrogen (secondary N) is 2. The Balaban J connectivity index is 2.30. The van der Waals surface area contributed by atoms with Gasteiger partial charge in [0.15, 0.2) is 0 Å². The molecule has 0 aromatic carbocycles. The number of carbonyl (C=O) groups is 3. The van der Waals surface area contributed by atoms with E-state index >= 15 is 0 Å². The second-order valence-corrected chi connectivity index (χ2v) is 5.23. The van der Waals surface area contributed by atoms with Crippen LogP contribution in [0.4, 0.5) is 0 Å². The number of ether oxygens (including phenoxy) is 1. The smallest absolute Gasteiger partial charge is 0.343 e. The fraction of sp³-hybridized carbons (Fsp3) is 0.188. The number of H-pyrrole nitrogens is 2. The van der Waals surface area contributed by atoms with Gasteiger partial charge in [-0.15, -0.1) is 0 Å². The molecule has 2 aromatic rings. The zero-order valence-corrected chi connectivity index (χ0v) is 12.8. The van der Waals surface area contributed by atoms with Crippen LogP contribution in [0, 0.1) is 6.92 Å². The first kappa shape index (κ1) is 15.6. The Morgan fingerprint density at radius 2 is 1.75 bits per heavy atom. The largest absolute Gasteiger partial charge is 0.462 e. The van der Waals surface area contributed by atoms with Crippen molar-refractivity contribution in [1.82, 2.24) is 9.97 Å². The second kappa shape index (κ2) is 5.41. The molecular weight excluding hydrogens is 316 g/mol. The van der Waals surface area contributed by atoms with Crippen molar-refractivity contribution in [3.8, 4) is 0 Å². The third-order valence-electron chi connectivity index (χ3n) is 3.73. The van der Waals surface area contributed by atoms with Gasteiger partial charge in [-0.3, -0.25) is 19.2 Å². The van der Waals surface area contributed by atoms with Crippen LogP contribution in [0.3, 0.4) is 0 Å². The molecule has 122 valence electrons. The molecule has 0 atom stereocenters. The molecule has 1 aliphatic carbocycles. The van der Waals surface area contributed by atoms with E-state index in [1.165, 1.54) is 13.0 Å². The number of pyridine rings is 2. The fourth-order valence-corrected chi connectivity index (χ4v) is 2.69. The first-order valence-corrected chi connectivity index (χ1v) is 7.13. The van der Waals surface area contributed by atoms with E-state index in [1.807, 2.05) is 0 Å².